The molecule has 0 spiro atoms. The molecular formula is C21H22N2O4. The molecule has 1 saturated heterocycles. The van der Waals surface area contributed by atoms with Gasteiger partial charge in [0.1, 0.15) is 11.9 Å². The van der Waals surface area contributed by atoms with Gasteiger partial charge >= 0.3 is 5.97 Å². The quantitative estimate of drug-likeness (QED) is 0.779. The van der Waals surface area contributed by atoms with E-state index < -0.39 is 6.10 Å². The molecule has 2 heterocycles. The Hall–Kier alpha value is -3.02. The Labute approximate surface area is 158 Å². The number of amides is 1. The van der Waals surface area contributed by atoms with Crippen LogP contribution >= 0.6 is 0 Å². The van der Waals surface area contributed by atoms with Crippen LogP contribution in [0.3, 0.4) is 0 Å². The summed E-state index contributed by atoms with van der Waals surface area (Å²) in [7, 11) is 1.65. The van der Waals surface area contributed by atoms with Gasteiger partial charge in [-0.1, -0.05) is 18.2 Å². The zero-order valence-corrected chi connectivity index (χ0v) is 15.3. The van der Waals surface area contributed by atoms with Crippen molar-refractivity contribution in [2.24, 2.45) is 0 Å². The Morgan fingerprint density at radius 3 is 2.48 bits per heavy atom. The number of rotatable bonds is 4. The summed E-state index contributed by atoms with van der Waals surface area (Å²) in [6.07, 6.45) is -0.272. The SMILES string of the molecule is COc1ccc(N2CCN(C(=O)C[C@H]3OC(=O)c4ccccc43)CC2)cc1. The van der Waals surface area contributed by atoms with Gasteiger partial charge in [-0.05, 0) is 30.3 Å². The molecule has 1 amide bonds. The van der Waals surface area contributed by atoms with Crippen molar-refractivity contribution in [3.05, 3.63) is 59.7 Å². The monoisotopic (exact) mass is 366 g/mol. The van der Waals surface area contributed by atoms with Crippen molar-refractivity contribution in [3.8, 4) is 5.75 Å². The summed E-state index contributed by atoms with van der Waals surface area (Å²) < 4.78 is 10.6. The highest BCUT2D eigenvalue weighted by Crippen LogP contribution is 2.33. The van der Waals surface area contributed by atoms with E-state index in [0.717, 1.165) is 30.1 Å². The van der Waals surface area contributed by atoms with Crippen molar-refractivity contribution >= 4 is 17.6 Å². The molecule has 4 rings (SSSR count). The van der Waals surface area contributed by atoms with Crippen molar-refractivity contribution in [1.29, 1.82) is 0 Å². The minimum atomic E-state index is -0.471. The van der Waals surface area contributed by atoms with Gasteiger partial charge in [0.05, 0.1) is 19.1 Å². The van der Waals surface area contributed by atoms with Crippen molar-refractivity contribution in [1.82, 2.24) is 4.90 Å². The molecule has 2 aromatic rings. The third-order valence-corrected chi connectivity index (χ3v) is 5.21. The molecule has 1 atom stereocenters. The Morgan fingerprint density at radius 2 is 1.78 bits per heavy atom. The van der Waals surface area contributed by atoms with Crippen molar-refractivity contribution in [3.63, 3.8) is 0 Å². The van der Waals surface area contributed by atoms with E-state index >= 15 is 0 Å². The van der Waals surface area contributed by atoms with E-state index in [1.54, 1.807) is 13.2 Å². The Bertz CT molecular complexity index is 842. The lowest BCUT2D eigenvalue weighted by atomic mass is 10.0. The maximum absolute atomic E-state index is 12.7. The lowest BCUT2D eigenvalue weighted by Gasteiger charge is -2.36. The van der Waals surface area contributed by atoms with Crippen LogP contribution in [-0.2, 0) is 9.53 Å². The third-order valence-electron chi connectivity index (χ3n) is 5.21. The van der Waals surface area contributed by atoms with Gasteiger partial charge in [0, 0.05) is 37.4 Å². The minimum absolute atomic E-state index is 0.0267. The second-order valence-corrected chi connectivity index (χ2v) is 6.75. The van der Waals surface area contributed by atoms with E-state index in [2.05, 4.69) is 4.90 Å². The number of carbonyl (C=O) groups excluding carboxylic acids is 2. The zero-order valence-electron chi connectivity index (χ0n) is 15.3. The van der Waals surface area contributed by atoms with Gasteiger partial charge in [-0.25, -0.2) is 4.79 Å². The molecule has 0 saturated carbocycles. The maximum Gasteiger partial charge on any atom is 0.339 e. The number of hydrogen-bond acceptors (Lipinski definition) is 5. The molecule has 0 aromatic heterocycles. The molecule has 1 fully saturated rings. The molecule has 6 nitrogen and oxygen atoms in total. The van der Waals surface area contributed by atoms with E-state index in [9.17, 15) is 9.59 Å². The molecule has 2 aliphatic rings. The van der Waals surface area contributed by atoms with Gasteiger partial charge < -0.3 is 19.3 Å². The minimum Gasteiger partial charge on any atom is -0.497 e. The molecule has 0 unspecified atom stereocenters. The number of nitrogens with zero attached hydrogens (tertiary/aromatic N) is 2. The smallest absolute Gasteiger partial charge is 0.339 e. The average Bonchev–Trinajstić information content (AvgIpc) is 3.04. The summed E-state index contributed by atoms with van der Waals surface area (Å²) >= 11 is 0. The molecule has 140 valence electrons. The van der Waals surface area contributed by atoms with Gasteiger partial charge in [-0.3, -0.25) is 4.79 Å². The Morgan fingerprint density at radius 1 is 1.07 bits per heavy atom. The van der Waals surface area contributed by atoms with E-state index in [4.69, 9.17) is 9.47 Å². The fourth-order valence-electron chi connectivity index (χ4n) is 3.67. The first-order valence-corrected chi connectivity index (χ1v) is 9.12. The number of carbonyl (C=O) groups is 2. The molecule has 0 bridgehead atoms. The van der Waals surface area contributed by atoms with Gasteiger partial charge in [0.2, 0.25) is 5.91 Å². The molecule has 0 N–H and O–H groups in total. The fourth-order valence-corrected chi connectivity index (χ4v) is 3.67. The number of benzene rings is 2. The van der Waals surface area contributed by atoms with Crippen LogP contribution in [0.25, 0.3) is 0 Å². The number of cyclic esters (lactones) is 1. The Kier molecular flexibility index (Phi) is 4.71. The molecule has 2 aromatic carbocycles. The summed E-state index contributed by atoms with van der Waals surface area (Å²) in [5.74, 6) is 0.519. The van der Waals surface area contributed by atoms with E-state index in [0.29, 0.717) is 18.7 Å². The largest absolute Gasteiger partial charge is 0.497 e. The number of fused-ring (bicyclic) bond motifs is 1. The number of methoxy groups -OCH3 is 1. The number of ether oxygens (including phenoxy) is 2. The molecule has 27 heavy (non-hydrogen) atoms. The zero-order chi connectivity index (χ0) is 18.8. The van der Waals surface area contributed by atoms with Crippen LogP contribution in [0.1, 0.15) is 28.4 Å². The second kappa shape index (κ2) is 7.31. The molecule has 6 heteroatoms. The van der Waals surface area contributed by atoms with E-state index in [1.165, 1.54) is 0 Å². The van der Waals surface area contributed by atoms with Crippen molar-refractivity contribution < 1.29 is 19.1 Å². The van der Waals surface area contributed by atoms with Gasteiger partial charge in [-0.15, -0.1) is 0 Å². The molecule has 2 aliphatic heterocycles. The first kappa shape index (κ1) is 17.4. The number of piperazine rings is 1. The van der Waals surface area contributed by atoms with Crippen LogP contribution in [-0.4, -0.2) is 50.1 Å². The summed E-state index contributed by atoms with van der Waals surface area (Å²) in [6, 6.07) is 15.2. The van der Waals surface area contributed by atoms with Gasteiger partial charge in [-0.2, -0.15) is 0 Å². The summed E-state index contributed by atoms with van der Waals surface area (Å²) in [6.45, 7) is 2.87. The van der Waals surface area contributed by atoms with Crippen LogP contribution in [0.5, 0.6) is 5.75 Å². The first-order chi connectivity index (χ1) is 13.2. The van der Waals surface area contributed by atoms with E-state index in [1.807, 2.05) is 47.4 Å². The number of anilines is 1. The molecular weight excluding hydrogens is 344 g/mol. The summed E-state index contributed by atoms with van der Waals surface area (Å²) in [4.78, 5) is 28.7. The number of esters is 1. The number of hydrogen-bond donors (Lipinski definition) is 0. The van der Waals surface area contributed by atoms with Crippen LogP contribution in [0.2, 0.25) is 0 Å². The predicted molar refractivity (Wildman–Crippen MR) is 101 cm³/mol. The normalized spacial score (nSPS) is 18.9. The second-order valence-electron chi connectivity index (χ2n) is 6.75. The van der Waals surface area contributed by atoms with Crippen LogP contribution < -0.4 is 9.64 Å². The third kappa shape index (κ3) is 3.47. The Balaban J connectivity index is 1.34. The summed E-state index contributed by atoms with van der Waals surface area (Å²) in [5.41, 5.74) is 2.51. The average molecular weight is 366 g/mol. The highest BCUT2D eigenvalue weighted by molar-refractivity contribution is 5.94. The lowest BCUT2D eigenvalue weighted by molar-refractivity contribution is -0.133. The molecule has 0 radical (unpaired) electrons. The summed E-state index contributed by atoms with van der Waals surface area (Å²) in [5, 5.41) is 0. The van der Waals surface area contributed by atoms with E-state index in [-0.39, 0.29) is 18.3 Å². The van der Waals surface area contributed by atoms with Gasteiger partial charge in [0.25, 0.3) is 0 Å². The highest BCUT2D eigenvalue weighted by Gasteiger charge is 2.33. The lowest BCUT2D eigenvalue weighted by Crippen LogP contribution is -2.49. The topological polar surface area (TPSA) is 59.1 Å². The predicted octanol–water partition coefficient (Wildman–Crippen LogP) is 2.65. The van der Waals surface area contributed by atoms with Crippen LogP contribution in [0.15, 0.2) is 48.5 Å². The molecule has 0 aliphatic carbocycles. The standard InChI is InChI=1S/C21H22N2O4/c1-26-16-8-6-15(7-9-16)22-10-12-23(13-11-22)20(24)14-19-17-4-2-3-5-18(17)21(25)27-19/h2-9,19H,10-14H2,1H3/t19-/m1/s1. The first-order valence-electron chi connectivity index (χ1n) is 9.12. The van der Waals surface area contributed by atoms with Crippen molar-refractivity contribution in [2.75, 3.05) is 38.2 Å². The van der Waals surface area contributed by atoms with Crippen molar-refractivity contribution in [2.45, 2.75) is 12.5 Å². The van der Waals surface area contributed by atoms with Crippen LogP contribution in [0, 0.1) is 0 Å². The van der Waals surface area contributed by atoms with Crippen LogP contribution in [0.4, 0.5) is 5.69 Å². The fraction of sp³-hybridized carbons (Fsp3) is 0.333. The van der Waals surface area contributed by atoms with Gasteiger partial charge in [0.15, 0.2) is 0 Å². The maximum atomic E-state index is 12.7. The highest BCUT2D eigenvalue weighted by atomic mass is 16.5.